The Labute approximate surface area is 146 Å². The monoisotopic (exact) mass is 358 g/mol. The molecule has 4 nitrogen and oxygen atoms in total. The van der Waals surface area contributed by atoms with E-state index >= 15 is 0 Å². The van der Waals surface area contributed by atoms with E-state index in [9.17, 15) is 0 Å². The summed E-state index contributed by atoms with van der Waals surface area (Å²) in [6.45, 7) is 9.37. The summed E-state index contributed by atoms with van der Waals surface area (Å²) < 4.78 is 2.24. The molecular formula is C15H20Cl2N4S. The van der Waals surface area contributed by atoms with Gasteiger partial charge in [0.05, 0.1) is 18.1 Å². The van der Waals surface area contributed by atoms with Crippen molar-refractivity contribution >= 4 is 41.1 Å². The van der Waals surface area contributed by atoms with Crippen molar-refractivity contribution in [3.05, 3.63) is 28.2 Å². The SMILES string of the molecule is CCN1CCN(C2=NCCN2Sc2cc(Cl)ccc2Cl)CC1. The molecule has 2 aliphatic heterocycles. The van der Waals surface area contributed by atoms with Crippen LogP contribution in [0.3, 0.4) is 0 Å². The molecule has 1 fully saturated rings. The average molecular weight is 359 g/mol. The molecule has 0 N–H and O–H groups in total. The Morgan fingerprint density at radius 1 is 1.14 bits per heavy atom. The van der Waals surface area contributed by atoms with Gasteiger partial charge in [-0.25, -0.2) is 0 Å². The van der Waals surface area contributed by atoms with Gasteiger partial charge in [-0.1, -0.05) is 30.1 Å². The molecule has 2 aliphatic rings. The van der Waals surface area contributed by atoms with Gasteiger partial charge in [0.1, 0.15) is 0 Å². The van der Waals surface area contributed by atoms with Crippen LogP contribution in [-0.2, 0) is 0 Å². The minimum Gasteiger partial charge on any atom is -0.340 e. The minimum atomic E-state index is 0.709. The van der Waals surface area contributed by atoms with Gasteiger partial charge in [-0.15, -0.1) is 0 Å². The van der Waals surface area contributed by atoms with Crippen LogP contribution in [0.5, 0.6) is 0 Å². The third-order valence-electron chi connectivity index (χ3n) is 3.98. The molecule has 0 aliphatic carbocycles. The van der Waals surface area contributed by atoms with E-state index in [1.54, 1.807) is 11.9 Å². The Morgan fingerprint density at radius 2 is 1.91 bits per heavy atom. The van der Waals surface area contributed by atoms with Crippen molar-refractivity contribution in [3.63, 3.8) is 0 Å². The molecule has 0 amide bonds. The molecule has 0 saturated carbocycles. The molecule has 0 aromatic heterocycles. The van der Waals surface area contributed by atoms with Crippen molar-refractivity contribution in [2.45, 2.75) is 11.8 Å². The Bertz CT molecular complexity index is 558. The molecule has 120 valence electrons. The van der Waals surface area contributed by atoms with Gasteiger partial charge in [0, 0.05) is 36.1 Å². The van der Waals surface area contributed by atoms with E-state index in [1.807, 2.05) is 18.2 Å². The first kappa shape index (κ1) is 16.2. The molecule has 3 rings (SSSR count). The standard InChI is InChI=1S/C15H20Cl2N4S/c1-2-19-7-9-20(10-8-19)15-18-5-6-21(15)22-14-11-12(16)3-4-13(14)17/h3-4,11H,2,5-10H2,1H3. The number of likely N-dealkylation sites (N-methyl/N-ethyl adjacent to an activating group) is 1. The Kier molecular flexibility index (Phi) is 5.39. The van der Waals surface area contributed by atoms with E-state index in [-0.39, 0.29) is 0 Å². The number of benzene rings is 1. The predicted octanol–water partition coefficient (Wildman–Crippen LogP) is 3.31. The van der Waals surface area contributed by atoms with Gasteiger partial charge in [-0.2, -0.15) is 0 Å². The first-order valence-corrected chi connectivity index (χ1v) is 9.12. The highest BCUT2D eigenvalue weighted by Gasteiger charge is 2.27. The maximum absolute atomic E-state index is 6.28. The van der Waals surface area contributed by atoms with E-state index in [1.165, 1.54) is 0 Å². The average Bonchev–Trinajstić information content (AvgIpc) is 2.99. The van der Waals surface area contributed by atoms with Gasteiger partial charge in [0.2, 0.25) is 5.96 Å². The fourth-order valence-electron chi connectivity index (χ4n) is 2.69. The maximum Gasteiger partial charge on any atom is 0.207 e. The fourth-order valence-corrected chi connectivity index (χ4v) is 4.15. The summed E-state index contributed by atoms with van der Waals surface area (Å²) in [6.07, 6.45) is 0. The quantitative estimate of drug-likeness (QED) is 0.772. The number of halogens is 2. The third kappa shape index (κ3) is 3.65. The first-order chi connectivity index (χ1) is 10.7. The summed E-state index contributed by atoms with van der Waals surface area (Å²) >= 11 is 14.0. The lowest BCUT2D eigenvalue weighted by Gasteiger charge is -2.37. The lowest BCUT2D eigenvalue weighted by Crippen LogP contribution is -2.51. The van der Waals surface area contributed by atoms with Gasteiger partial charge in [0.15, 0.2) is 0 Å². The van der Waals surface area contributed by atoms with Crippen LogP contribution < -0.4 is 0 Å². The Hall–Kier alpha value is -0.620. The highest BCUT2D eigenvalue weighted by molar-refractivity contribution is 7.97. The molecule has 2 heterocycles. The van der Waals surface area contributed by atoms with Gasteiger partial charge in [-0.05, 0) is 36.7 Å². The highest BCUT2D eigenvalue weighted by Crippen LogP contribution is 2.33. The van der Waals surface area contributed by atoms with Crippen molar-refractivity contribution in [3.8, 4) is 0 Å². The number of nitrogens with zero attached hydrogens (tertiary/aromatic N) is 4. The molecule has 0 atom stereocenters. The van der Waals surface area contributed by atoms with Crippen LogP contribution in [0.15, 0.2) is 28.1 Å². The normalized spacial score (nSPS) is 19.7. The molecule has 1 aromatic rings. The Balaban J connectivity index is 1.67. The molecule has 1 aromatic carbocycles. The van der Waals surface area contributed by atoms with Crippen molar-refractivity contribution in [1.29, 1.82) is 0 Å². The first-order valence-electron chi connectivity index (χ1n) is 7.59. The van der Waals surface area contributed by atoms with E-state index in [4.69, 9.17) is 28.2 Å². The summed E-state index contributed by atoms with van der Waals surface area (Å²) in [5.41, 5.74) is 0. The van der Waals surface area contributed by atoms with Crippen LogP contribution in [0, 0.1) is 0 Å². The van der Waals surface area contributed by atoms with Crippen LogP contribution in [0.2, 0.25) is 10.0 Å². The molecule has 0 radical (unpaired) electrons. The van der Waals surface area contributed by atoms with Crippen LogP contribution in [0.4, 0.5) is 0 Å². The number of hydrogen-bond donors (Lipinski definition) is 0. The largest absolute Gasteiger partial charge is 0.340 e. The lowest BCUT2D eigenvalue weighted by atomic mass is 10.3. The van der Waals surface area contributed by atoms with Crippen molar-refractivity contribution in [1.82, 2.24) is 14.1 Å². The highest BCUT2D eigenvalue weighted by atomic mass is 35.5. The van der Waals surface area contributed by atoms with Crippen molar-refractivity contribution in [2.24, 2.45) is 4.99 Å². The summed E-state index contributed by atoms with van der Waals surface area (Å²) in [7, 11) is 0. The van der Waals surface area contributed by atoms with E-state index in [2.05, 4.69) is 21.0 Å². The van der Waals surface area contributed by atoms with Crippen molar-refractivity contribution < 1.29 is 0 Å². The summed E-state index contributed by atoms with van der Waals surface area (Å²) in [6, 6.07) is 5.58. The zero-order valence-electron chi connectivity index (χ0n) is 12.6. The van der Waals surface area contributed by atoms with Gasteiger partial charge >= 0.3 is 0 Å². The zero-order valence-corrected chi connectivity index (χ0v) is 15.0. The third-order valence-corrected chi connectivity index (χ3v) is 5.76. The maximum atomic E-state index is 6.28. The van der Waals surface area contributed by atoms with Crippen molar-refractivity contribution in [2.75, 3.05) is 45.8 Å². The molecule has 22 heavy (non-hydrogen) atoms. The van der Waals surface area contributed by atoms with E-state index < -0.39 is 0 Å². The summed E-state index contributed by atoms with van der Waals surface area (Å²) in [5, 5.41) is 1.44. The second kappa shape index (κ2) is 7.30. The number of aliphatic imine (C=N–C) groups is 1. The van der Waals surface area contributed by atoms with Crippen LogP contribution in [0.1, 0.15) is 6.92 Å². The van der Waals surface area contributed by atoms with Crippen LogP contribution in [0.25, 0.3) is 0 Å². The molecule has 0 unspecified atom stereocenters. The number of piperazine rings is 1. The number of hydrogen-bond acceptors (Lipinski definition) is 5. The topological polar surface area (TPSA) is 22.1 Å². The van der Waals surface area contributed by atoms with E-state index in [0.29, 0.717) is 5.02 Å². The Morgan fingerprint density at radius 3 is 2.64 bits per heavy atom. The molecule has 0 bridgehead atoms. The molecular weight excluding hydrogens is 339 g/mol. The lowest BCUT2D eigenvalue weighted by molar-refractivity contribution is 0.184. The van der Waals surface area contributed by atoms with Crippen LogP contribution in [-0.4, -0.2) is 65.9 Å². The molecule has 1 saturated heterocycles. The van der Waals surface area contributed by atoms with Gasteiger partial charge in [-0.3, -0.25) is 9.30 Å². The fraction of sp³-hybridized carbons (Fsp3) is 0.533. The second-order valence-corrected chi connectivity index (χ2v) is 7.28. The smallest absolute Gasteiger partial charge is 0.207 e. The number of rotatable bonds is 3. The predicted molar refractivity (Wildman–Crippen MR) is 95.0 cm³/mol. The minimum absolute atomic E-state index is 0.709. The number of guanidine groups is 1. The van der Waals surface area contributed by atoms with Gasteiger partial charge in [0.25, 0.3) is 0 Å². The second-order valence-electron chi connectivity index (χ2n) is 5.37. The van der Waals surface area contributed by atoms with Gasteiger partial charge < -0.3 is 9.80 Å². The summed E-state index contributed by atoms with van der Waals surface area (Å²) in [5.74, 6) is 1.08. The van der Waals surface area contributed by atoms with E-state index in [0.717, 1.165) is 61.7 Å². The molecule has 7 heteroatoms. The van der Waals surface area contributed by atoms with Crippen LogP contribution >= 0.6 is 35.1 Å². The summed E-state index contributed by atoms with van der Waals surface area (Å²) in [4.78, 5) is 10.5. The zero-order chi connectivity index (χ0) is 15.5. The molecule has 0 spiro atoms.